The summed E-state index contributed by atoms with van der Waals surface area (Å²) in [5.74, 6) is -0.687. The van der Waals surface area contributed by atoms with Crippen molar-refractivity contribution in [2.24, 2.45) is 5.92 Å². The van der Waals surface area contributed by atoms with Gasteiger partial charge >= 0.3 is 5.97 Å². The molecule has 1 aliphatic rings. The molecule has 0 aromatic heterocycles. The lowest BCUT2D eigenvalue weighted by Crippen LogP contribution is -2.38. The van der Waals surface area contributed by atoms with Crippen molar-refractivity contribution in [1.82, 2.24) is 4.90 Å². The molecule has 106 valence electrons. The molecule has 1 N–H and O–H groups in total. The average molecular weight is 273 g/mol. The van der Waals surface area contributed by atoms with Crippen molar-refractivity contribution in [1.29, 1.82) is 0 Å². The first-order valence-electron chi connectivity index (χ1n) is 6.89. The van der Waals surface area contributed by atoms with Gasteiger partial charge in [-0.15, -0.1) is 0 Å². The monoisotopic (exact) mass is 273 g/mol. The summed E-state index contributed by atoms with van der Waals surface area (Å²) in [6.45, 7) is 1.42. The molecule has 0 saturated carbocycles. The van der Waals surface area contributed by atoms with Gasteiger partial charge in [0.1, 0.15) is 0 Å². The molecule has 1 fully saturated rings. The molecule has 4 nitrogen and oxygen atoms in total. The zero-order valence-corrected chi connectivity index (χ0v) is 11.4. The highest BCUT2D eigenvalue weighted by Gasteiger charge is 2.21. The Balaban J connectivity index is 1.80. The zero-order valence-electron chi connectivity index (χ0n) is 11.4. The lowest BCUT2D eigenvalue weighted by atomic mass is 9.90. The molecule has 0 atom stereocenters. The van der Waals surface area contributed by atoms with Crippen molar-refractivity contribution in [3.05, 3.63) is 48.0 Å². The maximum Gasteiger partial charge on any atom is 0.328 e. The Hall–Kier alpha value is -2.10. The van der Waals surface area contributed by atoms with Gasteiger partial charge in [0.15, 0.2) is 0 Å². The minimum atomic E-state index is -1.09. The number of piperidine rings is 1. The number of hydrogen-bond acceptors (Lipinski definition) is 2. The van der Waals surface area contributed by atoms with Crippen LogP contribution < -0.4 is 0 Å². The molecule has 0 radical (unpaired) electrons. The van der Waals surface area contributed by atoms with Gasteiger partial charge in [0, 0.05) is 25.2 Å². The van der Waals surface area contributed by atoms with Crippen LogP contribution in [-0.4, -0.2) is 35.0 Å². The number of amides is 1. The molecule has 1 aromatic rings. The predicted molar refractivity (Wildman–Crippen MR) is 76.2 cm³/mol. The molecule has 0 bridgehead atoms. The van der Waals surface area contributed by atoms with E-state index in [2.05, 4.69) is 12.1 Å². The molecule has 0 spiro atoms. The van der Waals surface area contributed by atoms with Gasteiger partial charge in [-0.1, -0.05) is 30.3 Å². The number of carboxylic acids is 1. The maximum absolute atomic E-state index is 11.7. The van der Waals surface area contributed by atoms with Crippen LogP contribution in [0.5, 0.6) is 0 Å². The van der Waals surface area contributed by atoms with Crippen LogP contribution in [0, 0.1) is 5.92 Å². The van der Waals surface area contributed by atoms with E-state index in [1.807, 2.05) is 18.2 Å². The quantitative estimate of drug-likeness (QED) is 0.855. The highest BCUT2D eigenvalue weighted by atomic mass is 16.4. The molecule has 1 amide bonds. The van der Waals surface area contributed by atoms with E-state index in [1.165, 1.54) is 5.56 Å². The van der Waals surface area contributed by atoms with Crippen LogP contribution in [-0.2, 0) is 16.0 Å². The summed E-state index contributed by atoms with van der Waals surface area (Å²) in [7, 11) is 0. The Morgan fingerprint density at radius 1 is 1.15 bits per heavy atom. The fourth-order valence-corrected chi connectivity index (χ4v) is 2.55. The summed E-state index contributed by atoms with van der Waals surface area (Å²) in [6.07, 6.45) is 5.04. The normalized spacial score (nSPS) is 16.5. The highest BCUT2D eigenvalue weighted by Crippen LogP contribution is 2.21. The van der Waals surface area contributed by atoms with E-state index in [4.69, 9.17) is 5.11 Å². The Morgan fingerprint density at radius 2 is 1.80 bits per heavy atom. The largest absolute Gasteiger partial charge is 0.478 e. The van der Waals surface area contributed by atoms with Gasteiger partial charge in [-0.3, -0.25) is 4.79 Å². The van der Waals surface area contributed by atoms with Crippen LogP contribution in [0.1, 0.15) is 18.4 Å². The molecule has 0 aliphatic carbocycles. The third kappa shape index (κ3) is 4.23. The first-order valence-corrected chi connectivity index (χ1v) is 6.89. The minimum Gasteiger partial charge on any atom is -0.478 e. The third-order valence-corrected chi connectivity index (χ3v) is 3.66. The molecule has 0 unspecified atom stereocenters. The lowest BCUT2D eigenvalue weighted by molar-refractivity contribution is -0.132. The van der Waals surface area contributed by atoms with Gasteiger partial charge in [0.2, 0.25) is 5.91 Å². The van der Waals surface area contributed by atoms with E-state index < -0.39 is 5.97 Å². The average Bonchev–Trinajstić information content (AvgIpc) is 2.46. The van der Waals surface area contributed by atoms with E-state index in [0.29, 0.717) is 19.0 Å². The van der Waals surface area contributed by atoms with Crippen LogP contribution in [0.4, 0.5) is 0 Å². The van der Waals surface area contributed by atoms with Gasteiger partial charge < -0.3 is 10.0 Å². The zero-order chi connectivity index (χ0) is 14.4. The number of hydrogen-bond donors (Lipinski definition) is 1. The van der Waals surface area contributed by atoms with Crippen LogP contribution in [0.3, 0.4) is 0 Å². The summed E-state index contributed by atoms with van der Waals surface area (Å²) >= 11 is 0. The second kappa shape index (κ2) is 6.89. The van der Waals surface area contributed by atoms with Crippen LogP contribution in [0.2, 0.25) is 0 Å². The molecule has 2 rings (SSSR count). The fraction of sp³-hybridized carbons (Fsp3) is 0.375. The van der Waals surface area contributed by atoms with E-state index in [-0.39, 0.29) is 5.91 Å². The van der Waals surface area contributed by atoms with Crippen LogP contribution >= 0.6 is 0 Å². The van der Waals surface area contributed by atoms with Crippen LogP contribution in [0.15, 0.2) is 42.5 Å². The topological polar surface area (TPSA) is 57.6 Å². The molecule has 20 heavy (non-hydrogen) atoms. The van der Waals surface area contributed by atoms with Gasteiger partial charge in [0.25, 0.3) is 0 Å². The minimum absolute atomic E-state index is 0.203. The van der Waals surface area contributed by atoms with Gasteiger partial charge in [-0.2, -0.15) is 0 Å². The molecule has 1 saturated heterocycles. The Morgan fingerprint density at radius 3 is 2.40 bits per heavy atom. The molecular weight excluding hydrogens is 254 g/mol. The Bertz CT molecular complexity index is 488. The predicted octanol–water partition coefficient (Wildman–Crippen LogP) is 2.11. The number of carboxylic acid groups (broad SMARTS) is 1. The third-order valence-electron chi connectivity index (χ3n) is 3.66. The van der Waals surface area contributed by atoms with Crippen molar-refractivity contribution in [3.8, 4) is 0 Å². The van der Waals surface area contributed by atoms with Crippen LogP contribution in [0.25, 0.3) is 0 Å². The van der Waals surface area contributed by atoms with Gasteiger partial charge in [-0.05, 0) is 30.7 Å². The van der Waals surface area contributed by atoms with Crippen molar-refractivity contribution >= 4 is 11.9 Å². The SMILES string of the molecule is O=C(O)/C=C/C(=O)N1CCC(Cc2ccccc2)CC1. The van der Waals surface area contributed by atoms with Crippen molar-refractivity contribution in [2.75, 3.05) is 13.1 Å². The fourth-order valence-electron chi connectivity index (χ4n) is 2.55. The van der Waals surface area contributed by atoms with Crippen molar-refractivity contribution < 1.29 is 14.7 Å². The van der Waals surface area contributed by atoms with Crippen molar-refractivity contribution in [2.45, 2.75) is 19.3 Å². The number of benzene rings is 1. The molecule has 1 aromatic carbocycles. The molecular formula is C16H19NO3. The number of aliphatic carboxylic acids is 1. The number of carbonyl (C=O) groups is 2. The highest BCUT2D eigenvalue weighted by molar-refractivity contribution is 5.93. The first-order chi connectivity index (χ1) is 9.65. The smallest absolute Gasteiger partial charge is 0.328 e. The van der Waals surface area contributed by atoms with Gasteiger partial charge in [-0.25, -0.2) is 4.79 Å². The molecule has 4 heteroatoms. The van der Waals surface area contributed by atoms with Crippen molar-refractivity contribution in [3.63, 3.8) is 0 Å². The standard InChI is InChI=1S/C16H19NO3/c18-15(6-7-16(19)20)17-10-8-14(9-11-17)12-13-4-2-1-3-5-13/h1-7,14H,8-12H2,(H,19,20)/b7-6+. The number of likely N-dealkylation sites (tertiary alicyclic amines) is 1. The van der Waals surface area contributed by atoms with Gasteiger partial charge in [0.05, 0.1) is 0 Å². The second-order valence-electron chi connectivity index (χ2n) is 5.13. The lowest BCUT2D eigenvalue weighted by Gasteiger charge is -2.31. The number of nitrogens with zero attached hydrogens (tertiary/aromatic N) is 1. The second-order valence-corrected chi connectivity index (χ2v) is 5.13. The summed E-state index contributed by atoms with van der Waals surface area (Å²) in [5.41, 5.74) is 1.34. The van der Waals surface area contributed by atoms with E-state index in [9.17, 15) is 9.59 Å². The van der Waals surface area contributed by atoms with E-state index in [0.717, 1.165) is 31.4 Å². The molecule has 1 aliphatic heterocycles. The van der Waals surface area contributed by atoms with E-state index in [1.54, 1.807) is 4.90 Å². The summed E-state index contributed by atoms with van der Waals surface area (Å²) in [6, 6.07) is 10.4. The maximum atomic E-state index is 11.7. The van der Waals surface area contributed by atoms with E-state index >= 15 is 0 Å². The Kier molecular flexibility index (Phi) is 4.93. The summed E-state index contributed by atoms with van der Waals surface area (Å²) in [5, 5.41) is 8.51. The summed E-state index contributed by atoms with van der Waals surface area (Å²) < 4.78 is 0. The summed E-state index contributed by atoms with van der Waals surface area (Å²) in [4.78, 5) is 23.9. The Labute approximate surface area is 118 Å². The number of carbonyl (C=O) groups excluding carboxylic acids is 1. The molecule has 1 heterocycles. The first kappa shape index (κ1) is 14.3. The number of rotatable bonds is 4.